The fourth-order valence-electron chi connectivity index (χ4n) is 3.79. The van der Waals surface area contributed by atoms with E-state index >= 15 is 0 Å². The molecule has 0 radical (unpaired) electrons. The molecule has 2 N–H and O–H groups in total. The van der Waals surface area contributed by atoms with Gasteiger partial charge in [-0.3, -0.25) is 9.59 Å². The molecule has 5 nitrogen and oxygen atoms in total. The average molecular weight is 309 g/mol. The number of likely N-dealkylation sites (tertiary alicyclic amines) is 1. The van der Waals surface area contributed by atoms with Crippen molar-refractivity contribution in [3.8, 4) is 0 Å². The van der Waals surface area contributed by atoms with Gasteiger partial charge in [0.1, 0.15) is 6.04 Å². The number of nitrogens with zero attached hydrogens (tertiary/aromatic N) is 1. The lowest BCUT2D eigenvalue weighted by Gasteiger charge is -2.36. The molecule has 2 fully saturated rings. The maximum atomic E-state index is 12.8. The van der Waals surface area contributed by atoms with Gasteiger partial charge >= 0.3 is 0 Å². The van der Waals surface area contributed by atoms with Gasteiger partial charge in [-0.25, -0.2) is 0 Å². The zero-order chi connectivity index (χ0) is 15.9. The molecule has 0 aromatic carbocycles. The van der Waals surface area contributed by atoms with Crippen molar-refractivity contribution in [3.63, 3.8) is 0 Å². The molecule has 2 aliphatic rings. The second kappa shape index (κ2) is 8.51. The minimum absolute atomic E-state index is 0.0905. The van der Waals surface area contributed by atoms with Gasteiger partial charge in [-0.05, 0) is 50.6 Å². The van der Waals surface area contributed by atoms with Gasteiger partial charge in [-0.2, -0.15) is 0 Å². The summed E-state index contributed by atoms with van der Waals surface area (Å²) in [5.74, 6) is 1.06. The lowest BCUT2D eigenvalue weighted by molar-refractivity contribution is -0.138. The summed E-state index contributed by atoms with van der Waals surface area (Å²) in [4.78, 5) is 26.3. The highest BCUT2D eigenvalue weighted by Gasteiger charge is 2.35. The van der Waals surface area contributed by atoms with Crippen LogP contribution in [0.1, 0.15) is 52.4 Å². The Morgan fingerprint density at radius 3 is 2.32 bits per heavy atom. The predicted molar refractivity (Wildman–Crippen MR) is 87.4 cm³/mol. The molecule has 1 saturated carbocycles. The summed E-state index contributed by atoms with van der Waals surface area (Å²) < 4.78 is 0. The van der Waals surface area contributed by atoms with Crippen molar-refractivity contribution in [1.29, 1.82) is 0 Å². The van der Waals surface area contributed by atoms with Crippen LogP contribution in [-0.4, -0.2) is 48.9 Å². The minimum Gasteiger partial charge on any atom is -0.344 e. The standard InChI is InChI=1S/C17H31N3O2/c1-3-18-12-14-8-10-20(11-9-14)17(22)16(19-13(2)21)15-6-4-5-7-15/h14-16,18H,3-12H2,1-2H3,(H,19,21). The first-order valence-electron chi connectivity index (χ1n) is 8.88. The second-order valence-electron chi connectivity index (χ2n) is 6.80. The van der Waals surface area contributed by atoms with Gasteiger partial charge in [-0.15, -0.1) is 0 Å². The molecule has 2 amide bonds. The van der Waals surface area contributed by atoms with E-state index in [1.807, 2.05) is 4.90 Å². The quantitative estimate of drug-likeness (QED) is 0.782. The molecule has 1 saturated heterocycles. The Morgan fingerprint density at radius 1 is 1.14 bits per heavy atom. The third-order valence-corrected chi connectivity index (χ3v) is 5.11. The summed E-state index contributed by atoms with van der Waals surface area (Å²) >= 11 is 0. The molecule has 1 heterocycles. The molecule has 0 aromatic rings. The van der Waals surface area contributed by atoms with Crippen LogP contribution < -0.4 is 10.6 Å². The van der Waals surface area contributed by atoms with E-state index in [-0.39, 0.29) is 17.9 Å². The molecule has 1 unspecified atom stereocenters. The Kier molecular flexibility index (Phi) is 6.68. The van der Waals surface area contributed by atoms with Crippen molar-refractivity contribution in [2.24, 2.45) is 11.8 Å². The molecule has 22 heavy (non-hydrogen) atoms. The van der Waals surface area contributed by atoms with Crippen LogP contribution in [0.5, 0.6) is 0 Å². The normalized spacial score (nSPS) is 21.8. The molecule has 1 aliphatic heterocycles. The lowest BCUT2D eigenvalue weighted by atomic mass is 9.93. The molecule has 0 spiro atoms. The highest BCUT2D eigenvalue weighted by Crippen LogP contribution is 2.29. The van der Waals surface area contributed by atoms with Gasteiger partial charge in [0, 0.05) is 20.0 Å². The monoisotopic (exact) mass is 309 g/mol. The van der Waals surface area contributed by atoms with Crippen LogP contribution in [0.25, 0.3) is 0 Å². The highest BCUT2D eigenvalue weighted by molar-refractivity contribution is 5.87. The molecule has 1 aliphatic carbocycles. The summed E-state index contributed by atoms with van der Waals surface area (Å²) in [6.07, 6.45) is 6.62. The molecular weight excluding hydrogens is 278 g/mol. The number of nitrogens with one attached hydrogen (secondary N) is 2. The predicted octanol–water partition coefficient (Wildman–Crippen LogP) is 1.53. The molecule has 126 valence electrons. The smallest absolute Gasteiger partial charge is 0.245 e. The van der Waals surface area contributed by atoms with Gasteiger partial charge in [0.05, 0.1) is 0 Å². The van der Waals surface area contributed by atoms with E-state index in [4.69, 9.17) is 0 Å². The third kappa shape index (κ3) is 4.70. The SMILES string of the molecule is CCNCC1CCN(C(=O)C(NC(C)=O)C2CCCC2)CC1. The topological polar surface area (TPSA) is 61.4 Å². The summed E-state index contributed by atoms with van der Waals surface area (Å²) in [6, 6.07) is -0.301. The van der Waals surface area contributed by atoms with Crippen molar-refractivity contribution >= 4 is 11.8 Å². The Hall–Kier alpha value is -1.10. The lowest BCUT2D eigenvalue weighted by Crippen LogP contribution is -2.53. The second-order valence-corrected chi connectivity index (χ2v) is 6.80. The number of carbonyl (C=O) groups is 2. The Labute approximate surface area is 134 Å². The maximum Gasteiger partial charge on any atom is 0.245 e. The third-order valence-electron chi connectivity index (χ3n) is 5.11. The van der Waals surface area contributed by atoms with Gasteiger partial charge in [0.25, 0.3) is 0 Å². The fourth-order valence-corrected chi connectivity index (χ4v) is 3.79. The van der Waals surface area contributed by atoms with E-state index in [1.54, 1.807) is 0 Å². The largest absolute Gasteiger partial charge is 0.344 e. The van der Waals surface area contributed by atoms with Crippen LogP contribution in [0.2, 0.25) is 0 Å². The van der Waals surface area contributed by atoms with Gasteiger partial charge in [0.15, 0.2) is 0 Å². The van der Waals surface area contributed by atoms with Gasteiger partial charge in [-0.1, -0.05) is 19.8 Å². The zero-order valence-corrected chi connectivity index (χ0v) is 14.1. The van der Waals surface area contributed by atoms with Crippen LogP contribution in [0.15, 0.2) is 0 Å². The number of amides is 2. The molecule has 2 rings (SSSR count). The zero-order valence-electron chi connectivity index (χ0n) is 14.1. The van der Waals surface area contributed by atoms with E-state index in [1.165, 1.54) is 19.8 Å². The van der Waals surface area contributed by atoms with E-state index in [0.29, 0.717) is 11.8 Å². The van der Waals surface area contributed by atoms with Crippen molar-refractivity contribution in [1.82, 2.24) is 15.5 Å². The first kappa shape index (κ1) is 17.3. The molecule has 0 bridgehead atoms. The van der Waals surface area contributed by atoms with E-state index in [0.717, 1.165) is 51.9 Å². The number of carbonyl (C=O) groups excluding carboxylic acids is 2. The Morgan fingerprint density at radius 2 is 1.77 bits per heavy atom. The fraction of sp³-hybridized carbons (Fsp3) is 0.882. The van der Waals surface area contributed by atoms with E-state index in [2.05, 4.69) is 17.6 Å². The number of hydrogen-bond donors (Lipinski definition) is 2. The van der Waals surface area contributed by atoms with Gasteiger partial charge in [0.2, 0.25) is 11.8 Å². The summed E-state index contributed by atoms with van der Waals surface area (Å²) in [5, 5.41) is 6.32. The summed E-state index contributed by atoms with van der Waals surface area (Å²) in [7, 11) is 0. The highest BCUT2D eigenvalue weighted by atomic mass is 16.2. The molecule has 5 heteroatoms. The number of piperidine rings is 1. The van der Waals surface area contributed by atoms with Crippen molar-refractivity contribution in [2.45, 2.75) is 58.4 Å². The average Bonchev–Trinajstić information content (AvgIpc) is 3.04. The van der Waals surface area contributed by atoms with Crippen LogP contribution in [0.4, 0.5) is 0 Å². The van der Waals surface area contributed by atoms with E-state index in [9.17, 15) is 9.59 Å². The maximum absolute atomic E-state index is 12.8. The van der Waals surface area contributed by atoms with Gasteiger partial charge < -0.3 is 15.5 Å². The first-order valence-corrected chi connectivity index (χ1v) is 8.88. The number of rotatable bonds is 6. The van der Waals surface area contributed by atoms with Crippen LogP contribution in [-0.2, 0) is 9.59 Å². The summed E-state index contributed by atoms with van der Waals surface area (Å²) in [6.45, 7) is 7.35. The molecular formula is C17H31N3O2. The molecule has 0 aromatic heterocycles. The van der Waals surface area contributed by atoms with Crippen LogP contribution in [0, 0.1) is 11.8 Å². The van der Waals surface area contributed by atoms with Crippen molar-refractivity contribution < 1.29 is 9.59 Å². The van der Waals surface area contributed by atoms with Crippen molar-refractivity contribution in [2.75, 3.05) is 26.2 Å². The number of hydrogen-bond acceptors (Lipinski definition) is 3. The minimum atomic E-state index is -0.301. The Balaban J connectivity index is 1.89. The molecule has 1 atom stereocenters. The Bertz CT molecular complexity index is 372. The van der Waals surface area contributed by atoms with Crippen LogP contribution in [0.3, 0.4) is 0 Å². The van der Waals surface area contributed by atoms with Crippen LogP contribution >= 0.6 is 0 Å². The summed E-state index contributed by atoms with van der Waals surface area (Å²) in [5.41, 5.74) is 0. The van der Waals surface area contributed by atoms with E-state index < -0.39 is 0 Å². The van der Waals surface area contributed by atoms with Crippen molar-refractivity contribution in [3.05, 3.63) is 0 Å². The first-order chi connectivity index (χ1) is 10.6.